The number of allylic oxidation sites excluding steroid dienone is 1. The number of rotatable bonds is 5. The molecule has 1 atom stereocenters. The highest BCUT2D eigenvalue weighted by molar-refractivity contribution is 5.86. The summed E-state index contributed by atoms with van der Waals surface area (Å²) >= 11 is 0. The largest absolute Gasteiger partial charge is 0.321 e. The second kappa shape index (κ2) is 5.56. The van der Waals surface area contributed by atoms with Crippen molar-refractivity contribution < 1.29 is 4.79 Å². The highest BCUT2D eigenvalue weighted by Gasteiger charge is 2.11. The number of nitrogens with two attached hydrogens (primary N) is 1. The Morgan fingerprint density at radius 1 is 1.75 bits per heavy atom. The van der Waals surface area contributed by atoms with E-state index < -0.39 is 6.04 Å². The fourth-order valence-electron chi connectivity index (χ4n) is 0.743. The van der Waals surface area contributed by atoms with Gasteiger partial charge in [0, 0.05) is 12.8 Å². The zero-order valence-corrected chi connectivity index (χ0v) is 7.47. The lowest BCUT2D eigenvalue weighted by Gasteiger charge is -2.07. The zero-order valence-electron chi connectivity index (χ0n) is 7.47. The number of ketones is 1. The fourth-order valence-corrected chi connectivity index (χ4v) is 0.743. The van der Waals surface area contributed by atoms with Crippen LogP contribution in [-0.2, 0) is 4.79 Å². The lowest BCUT2D eigenvalue weighted by Crippen LogP contribution is -2.29. The molecular formula is C10H15NO. The van der Waals surface area contributed by atoms with Gasteiger partial charge < -0.3 is 5.73 Å². The first-order chi connectivity index (χ1) is 5.61. The Balaban J connectivity index is 3.88. The molecule has 0 radical (unpaired) electrons. The van der Waals surface area contributed by atoms with Gasteiger partial charge in [-0.2, -0.15) is 0 Å². The van der Waals surface area contributed by atoms with Gasteiger partial charge in [-0.15, -0.1) is 12.3 Å². The van der Waals surface area contributed by atoms with Gasteiger partial charge in [0.1, 0.15) is 0 Å². The third-order valence-electron chi connectivity index (χ3n) is 1.68. The molecule has 0 amide bonds. The minimum atomic E-state index is -0.515. The Morgan fingerprint density at radius 3 is 2.75 bits per heavy atom. The molecule has 0 saturated heterocycles. The molecule has 0 spiro atoms. The molecule has 2 N–H and O–H groups in total. The van der Waals surface area contributed by atoms with Gasteiger partial charge in [0.2, 0.25) is 0 Å². The molecule has 1 unspecified atom stereocenters. The minimum absolute atomic E-state index is 0.0141. The van der Waals surface area contributed by atoms with Crippen LogP contribution < -0.4 is 5.73 Å². The first kappa shape index (κ1) is 10.9. The third kappa shape index (κ3) is 3.95. The third-order valence-corrected chi connectivity index (χ3v) is 1.68. The molecule has 66 valence electrons. The lowest BCUT2D eigenvalue weighted by molar-refractivity contribution is -0.119. The topological polar surface area (TPSA) is 43.1 Å². The van der Waals surface area contributed by atoms with Crippen LogP contribution in [0.2, 0.25) is 0 Å². The van der Waals surface area contributed by atoms with E-state index in [0.29, 0.717) is 12.8 Å². The first-order valence-corrected chi connectivity index (χ1v) is 4.00. The Labute approximate surface area is 73.8 Å². The van der Waals surface area contributed by atoms with E-state index in [2.05, 4.69) is 12.5 Å². The summed E-state index contributed by atoms with van der Waals surface area (Å²) in [6.45, 7) is 5.69. The van der Waals surface area contributed by atoms with Gasteiger partial charge in [-0.05, 0) is 6.42 Å². The molecule has 0 aromatic rings. The smallest absolute Gasteiger partial charge is 0.154 e. The minimum Gasteiger partial charge on any atom is -0.321 e. The maximum atomic E-state index is 11.2. The molecule has 12 heavy (non-hydrogen) atoms. The molecule has 0 aliphatic rings. The van der Waals surface area contributed by atoms with Crippen LogP contribution in [0.25, 0.3) is 0 Å². The van der Waals surface area contributed by atoms with E-state index in [1.807, 2.05) is 6.92 Å². The highest BCUT2D eigenvalue weighted by atomic mass is 16.1. The summed E-state index contributed by atoms with van der Waals surface area (Å²) < 4.78 is 0. The van der Waals surface area contributed by atoms with Crippen molar-refractivity contribution >= 4 is 5.78 Å². The van der Waals surface area contributed by atoms with Crippen LogP contribution >= 0.6 is 0 Å². The molecule has 0 aliphatic heterocycles. The number of carbonyl (C=O) groups is 1. The molecule has 0 aromatic carbocycles. The number of terminal acetylenes is 1. The van der Waals surface area contributed by atoms with Crippen LogP contribution in [0.4, 0.5) is 0 Å². The summed E-state index contributed by atoms with van der Waals surface area (Å²) in [6, 6.07) is -0.515. The van der Waals surface area contributed by atoms with Crippen molar-refractivity contribution in [3.05, 3.63) is 12.2 Å². The van der Waals surface area contributed by atoms with E-state index >= 15 is 0 Å². The van der Waals surface area contributed by atoms with Crippen LogP contribution in [0.5, 0.6) is 0 Å². The van der Waals surface area contributed by atoms with Crippen LogP contribution in [0.15, 0.2) is 12.2 Å². The standard InChI is InChI=1S/C10H15NO/c1-4-6-9(11)10(12)7-8(3)5-2/h1,9H,3,5-7,11H2,2H3. The van der Waals surface area contributed by atoms with E-state index in [9.17, 15) is 4.79 Å². The second-order valence-corrected chi connectivity index (χ2v) is 2.76. The van der Waals surface area contributed by atoms with E-state index in [4.69, 9.17) is 12.2 Å². The van der Waals surface area contributed by atoms with Gasteiger partial charge in [0.15, 0.2) is 5.78 Å². The molecular weight excluding hydrogens is 150 g/mol. The molecule has 0 bridgehead atoms. The maximum absolute atomic E-state index is 11.2. The SMILES string of the molecule is C#CCC(N)C(=O)CC(=C)CC. The van der Waals surface area contributed by atoms with Gasteiger partial charge in [-0.3, -0.25) is 4.79 Å². The summed E-state index contributed by atoms with van der Waals surface area (Å²) in [5.74, 6) is 2.35. The molecule has 0 aromatic heterocycles. The molecule has 0 fully saturated rings. The summed E-state index contributed by atoms with van der Waals surface area (Å²) in [4.78, 5) is 11.2. The number of hydrogen-bond acceptors (Lipinski definition) is 2. The van der Waals surface area contributed by atoms with Crippen molar-refractivity contribution in [2.75, 3.05) is 0 Å². The predicted molar refractivity (Wildman–Crippen MR) is 50.5 cm³/mol. The normalized spacial score (nSPS) is 11.8. The Hall–Kier alpha value is -1.07. The summed E-state index contributed by atoms with van der Waals surface area (Å²) in [5, 5.41) is 0. The Bertz CT molecular complexity index is 212. The molecule has 0 rings (SSSR count). The number of Topliss-reactive ketones (excluding diaryl/α,β-unsaturated/α-hetero) is 1. The number of hydrogen-bond donors (Lipinski definition) is 1. The van der Waals surface area contributed by atoms with Crippen molar-refractivity contribution in [3.63, 3.8) is 0 Å². The quantitative estimate of drug-likeness (QED) is 0.492. The van der Waals surface area contributed by atoms with E-state index in [1.54, 1.807) is 0 Å². The first-order valence-electron chi connectivity index (χ1n) is 4.00. The predicted octanol–water partition coefficient (Wildman–Crippen LogP) is 1.26. The van der Waals surface area contributed by atoms with Crippen molar-refractivity contribution in [1.82, 2.24) is 0 Å². The van der Waals surface area contributed by atoms with Gasteiger partial charge in [0.05, 0.1) is 6.04 Å². The van der Waals surface area contributed by atoms with Gasteiger partial charge in [-0.25, -0.2) is 0 Å². The Kier molecular flexibility index (Phi) is 5.07. The average molecular weight is 165 g/mol. The van der Waals surface area contributed by atoms with E-state index in [-0.39, 0.29) is 5.78 Å². The lowest BCUT2D eigenvalue weighted by atomic mass is 10.0. The van der Waals surface area contributed by atoms with E-state index in [0.717, 1.165) is 12.0 Å². The van der Waals surface area contributed by atoms with Gasteiger partial charge in [0.25, 0.3) is 0 Å². The van der Waals surface area contributed by atoms with Crippen molar-refractivity contribution in [2.24, 2.45) is 5.73 Å². The zero-order chi connectivity index (χ0) is 9.56. The average Bonchev–Trinajstić information content (AvgIpc) is 2.04. The molecule has 0 saturated carbocycles. The monoisotopic (exact) mass is 165 g/mol. The van der Waals surface area contributed by atoms with Crippen molar-refractivity contribution in [1.29, 1.82) is 0 Å². The molecule has 0 aliphatic carbocycles. The molecule has 2 heteroatoms. The van der Waals surface area contributed by atoms with Gasteiger partial charge >= 0.3 is 0 Å². The summed E-state index contributed by atoms with van der Waals surface area (Å²) in [6.07, 6.45) is 6.52. The van der Waals surface area contributed by atoms with Crippen LogP contribution in [-0.4, -0.2) is 11.8 Å². The maximum Gasteiger partial charge on any atom is 0.154 e. The van der Waals surface area contributed by atoms with Crippen LogP contribution in [0.1, 0.15) is 26.2 Å². The number of carbonyl (C=O) groups excluding carboxylic acids is 1. The molecule has 2 nitrogen and oxygen atoms in total. The van der Waals surface area contributed by atoms with E-state index in [1.165, 1.54) is 0 Å². The van der Waals surface area contributed by atoms with Crippen LogP contribution in [0.3, 0.4) is 0 Å². The van der Waals surface area contributed by atoms with Crippen molar-refractivity contribution in [2.45, 2.75) is 32.2 Å². The summed E-state index contributed by atoms with van der Waals surface area (Å²) in [7, 11) is 0. The second-order valence-electron chi connectivity index (χ2n) is 2.76. The van der Waals surface area contributed by atoms with Gasteiger partial charge in [-0.1, -0.05) is 19.1 Å². The van der Waals surface area contributed by atoms with Crippen LogP contribution in [0, 0.1) is 12.3 Å². The van der Waals surface area contributed by atoms with Crippen molar-refractivity contribution in [3.8, 4) is 12.3 Å². The fraction of sp³-hybridized carbons (Fsp3) is 0.500. The highest BCUT2D eigenvalue weighted by Crippen LogP contribution is 2.05. The summed E-state index contributed by atoms with van der Waals surface area (Å²) in [5.41, 5.74) is 6.41. The Morgan fingerprint density at radius 2 is 2.33 bits per heavy atom. The molecule has 0 heterocycles.